The van der Waals surface area contributed by atoms with Gasteiger partial charge >= 0.3 is 6.18 Å². The lowest BCUT2D eigenvalue weighted by Gasteiger charge is -2.52. The van der Waals surface area contributed by atoms with Crippen molar-refractivity contribution in [1.29, 1.82) is 0 Å². The molecule has 2 unspecified atom stereocenters. The van der Waals surface area contributed by atoms with Gasteiger partial charge in [0.1, 0.15) is 17.1 Å². The fourth-order valence-corrected chi connectivity index (χ4v) is 8.50. The number of rotatable bonds is 6. The summed E-state index contributed by atoms with van der Waals surface area (Å²) < 4.78 is 65.4. The van der Waals surface area contributed by atoms with Crippen molar-refractivity contribution >= 4 is 44.2 Å². The van der Waals surface area contributed by atoms with Crippen LogP contribution in [0.15, 0.2) is 30.3 Å². The molecule has 0 radical (unpaired) electrons. The first kappa shape index (κ1) is 27.4. The number of amides is 2. The first-order valence-corrected chi connectivity index (χ1v) is 14.8. The lowest BCUT2D eigenvalue weighted by molar-refractivity contribution is -0.140. The smallest absolute Gasteiger partial charge is 0.419 e. The third-order valence-electron chi connectivity index (χ3n) is 9.18. The Kier molecular flexibility index (Phi) is 6.57. The van der Waals surface area contributed by atoms with Gasteiger partial charge in [-0.15, -0.1) is 0 Å². The largest absolute Gasteiger partial charge is 0.496 e. The highest BCUT2D eigenvalue weighted by atomic mass is 32.1. The van der Waals surface area contributed by atoms with E-state index in [9.17, 15) is 27.2 Å². The Hall–Kier alpha value is -3.45. The number of morpholine rings is 1. The number of nitrogens with zero attached hydrogens (tertiary/aromatic N) is 2. The van der Waals surface area contributed by atoms with E-state index in [-0.39, 0.29) is 29.6 Å². The van der Waals surface area contributed by atoms with E-state index >= 15 is 0 Å². The number of anilines is 2. The molecule has 7 rings (SSSR count). The lowest BCUT2D eigenvalue weighted by atomic mass is 9.83. The first-order chi connectivity index (χ1) is 20.1. The van der Waals surface area contributed by atoms with E-state index in [2.05, 4.69) is 15.5 Å². The van der Waals surface area contributed by atoms with Crippen molar-refractivity contribution in [2.45, 2.75) is 50.0 Å². The fraction of sp³-hybridized carbons (Fsp3) is 0.483. The standard InChI is InChI=1S/C29H28F4N4O4S/c1-40-21-7-6-20-25(42-28(35-20)37-16-10-17(37)12-41-11-16)23(21)27(39)36-24-14-3-2-13(8-14)22(24)26(38)34-15-4-5-19(30)18(9-15)29(31,32)33/h4-7,9,13-14,16-17,22,24H,2-3,8,10-12H2,1H3,(H,34,38)(H,36,39)/t13-,14+,16?,17?,22+,24-/m1/s1. The molecule has 2 N–H and O–H groups in total. The Bertz CT molecular complexity index is 1560. The topological polar surface area (TPSA) is 92.8 Å². The second-order valence-corrected chi connectivity index (χ2v) is 12.5. The van der Waals surface area contributed by atoms with Gasteiger partial charge in [-0.25, -0.2) is 9.37 Å². The summed E-state index contributed by atoms with van der Waals surface area (Å²) in [5.41, 5.74) is -0.579. The predicted octanol–water partition coefficient (Wildman–Crippen LogP) is 5.22. The van der Waals surface area contributed by atoms with Crippen molar-refractivity contribution in [2.24, 2.45) is 17.8 Å². The van der Waals surface area contributed by atoms with Gasteiger partial charge in [0.2, 0.25) is 5.91 Å². The molecule has 6 atom stereocenters. The normalized spacial score (nSPS) is 28.1. The minimum absolute atomic E-state index is 0.0245. The quantitative estimate of drug-likeness (QED) is 0.375. The van der Waals surface area contributed by atoms with Crippen LogP contribution in [0.2, 0.25) is 0 Å². The maximum Gasteiger partial charge on any atom is 0.419 e. The number of aromatic nitrogens is 1. The van der Waals surface area contributed by atoms with Gasteiger partial charge in [-0.2, -0.15) is 13.2 Å². The van der Waals surface area contributed by atoms with Gasteiger partial charge in [0.25, 0.3) is 5.91 Å². The Morgan fingerprint density at radius 2 is 1.86 bits per heavy atom. The van der Waals surface area contributed by atoms with Crippen molar-refractivity contribution in [1.82, 2.24) is 10.3 Å². The summed E-state index contributed by atoms with van der Waals surface area (Å²) >= 11 is 1.43. The highest BCUT2D eigenvalue weighted by Crippen LogP contribution is 2.49. The molecule has 0 spiro atoms. The molecule has 222 valence electrons. The number of benzene rings is 2. The van der Waals surface area contributed by atoms with E-state index in [0.717, 1.165) is 36.9 Å². The van der Waals surface area contributed by atoms with Crippen LogP contribution in [0, 0.1) is 23.6 Å². The van der Waals surface area contributed by atoms with Crippen molar-refractivity contribution in [3.8, 4) is 5.75 Å². The second kappa shape index (κ2) is 10.1. The number of methoxy groups -OCH3 is 1. The monoisotopic (exact) mass is 604 g/mol. The molecular formula is C29H28F4N4O4S. The molecule has 2 saturated carbocycles. The van der Waals surface area contributed by atoms with E-state index < -0.39 is 41.3 Å². The van der Waals surface area contributed by atoms with Crippen LogP contribution in [0.1, 0.15) is 41.6 Å². The van der Waals surface area contributed by atoms with Crippen molar-refractivity contribution in [2.75, 3.05) is 30.5 Å². The van der Waals surface area contributed by atoms with Crippen LogP contribution in [0.3, 0.4) is 0 Å². The van der Waals surface area contributed by atoms with Crippen molar-refractivity contribution in [3.63, 3.8) is 0 Å². The summed E-state index contributed by atoms with van der Waals surface area (Å²) in [6.07, 6.45) is -1.50. The van der Waals surface area contributed by atoms with Gasteiger partial charge in [-0.05, 0) is 67.9 Å². The summed E-state index contributed by atoms with van der Waals surface area (Å²) in [7, 11) is 1.49. The molecule has 8 nitrogen and oxygen atoms in total. The van der Waals surface area contributed by atoms with Crippen LogP contribution < -0.4 is 20.3 Å². The molecule has 2 saturated heterocycles. The van der Waals surface area contributed by atoms with E-state index in [1.165, 1.54) is 18.4 Å². The molecule has 13 heteroatoms. The van der Waals surface area contributed by atoms with Crippen LogP contribution in [0.25, 0.3) is 10.2 Å². The number of halogens is 4. The van der Waals surface area contributed by atoms with Crippen molar-refractivity contribution in [3.05, 3.63) is 47.3 Å². The maximum atomic E-state index is 13.9. The van der Waals surface area contributed by atoms with Crippen LogP contribution in [-0.4, -0.2) is 55.2 Å². The number of carbonyl (C=O) groups is 2. The number of fused-ring (bicyclic) bond motifs is 5. The highest BCUT2D eigenvalue weighted by Gasteiger charge is 2.52. The Morgan fingerprint density at radius 3 is 2.57 bits per heavy atom. The maximum absolute atomic E-state index is 13.9. The Labute approximate surface area is 242 Å². The SMILES string of the molecule is COc1ccc2nc(N3C4COCC3C4)sc2c1C(=O)N[C@@H]1[C@H]2CC[C@H](C2)[C@@H]1C(=O)Nc1ccc(F)c(C(F)(F)F)c1. The van der Waals surface area contributed by atoms with Gasteiger partial charge in [0.05, 0.1) is 54.1 Å². The number of alkyl halides is 3. The highest BCUT2D eigenvalue weighted by molar-refractivity contribution is 7.22. The molecule has 4 fully saturated rings. The number of carbonyl (C=O) groups excluding carboxylic acids is 2. The summed E-state index contributed by atoms with van der Waals surface area (Å²) in [5, 5.41) is 6.46. The van der Waals surface area contributed by atoms with Crippen LogP contribution in [0.4, 0.5) is 28.4 Å². The Morgan fingerprint density at radius 1 is 1.10 bits per heavy atom. The molecular weight excluding hydrogens is 576 g/mol. The lowest BCUT2D eigenvalue weighted by Crippen LogP contribution is -2.64. The van der Waals surface area contributed by atoms with E-state index in [1.54, 1.807) is 6.07 Å². The zero-order chi connectivity index (χ0) is 29.3. The summed E-state index contributed by atoms with van der Waals surface area (Å²) in [4.78, 5) is 34.4. The molecule has 42 heavy (non-hydrogen) atoms. The first-order valence-electron chi connectivity index (χ1n) is 13.9. The van der Waals surface area contributed by atoms with Gasteiger partial charge in [-0.1, -0.05) is 11.3 Å². The number of ether oxygens (including phenoxy) is 2. The van der Waals surface area contributed by atoms with Crippen LogP contribution >= 0.6 is 11.3 Å². The molecule has 2 aliphatic carbocycles. The van der Waals surface area contributed by atoms with Crippen LogP contribution in [0.5, 0.6) is 5.75 Å². The third-order valence-corrected chi connectivity index (χ3v) is 10.3. The van der Waals surface area contributed by atoms with E-state index in [1.807, 2.05) is 6.07 Å². The Balaban J connectivity index is 1.15. The van der Waals surface area contributed by atoms with Crippen LogP contribution in [-0.2, 0) is 15.7 Å². The van der Waals surface area contributed by atoms with Crippen molar-refractivity contribution < 1.29 is 36.6 Å². The molecule has 2 aliphatic heterocycles. The molecule has 2 aromatic carbocycles. The summed E-state index contributed by atoms with van der Waals surface area (Å²) in [5.74, 6) is -2.53. The average Bonchev–Trinajstić information content (AvgIpc) is 3.68. The zero-order valence-electron chi connectivity index (χ0n) is 22.5. The molecule has 4 bridgehead atoms. The zero-order valence-corrected chi connectivity index (χ0v) is 23.4. The summed E-state index contributed by atoms with van der Waals surface area (Å²) in [6.45, 7) is 1.29. The fourth-order valence-electron chi connectivity index (χ4n) is 7.25. The molecule has 3 heterocycles. The predicted molar refractivity (Wildman–Crippen MR) is 147 cm³/mol. The molecule has 4 aliphatic rings. The van der Waals surface area contributed by atoms with Gasteiger partial charge in [0, 0.05) is 11.7 Å². The molecule has 3 aromatic rings. The van der Waals surface area contributed by atoms with E-state index in [4.69, 9.17) is 14.5 Å². The van der Waals surface area contributed by atoms with Gasteiger partial charge < -0.3 is 25.0 Å². The molecule has 2 amide bonds. The number of nitrogens with one attached hydrogen (secondary N) is 2. The number of hydrogen-bond donors (Lipinski definition) is 2. The minimum Gasteiger partial charge on any atom is -0.496 e. The van der Waals surface area contributed by atoms with Gasteiger partial charge in [0.15, 0.2) is 5.13 Å². The minimum atomic E-state index is -4.90. The molecule has 1 aromatic heterocycles. The second-order valence-electron chi connectivity index (χ2n) is 11.5. The number of thiazole rings is 1. The third kappa shape index (κ3) is 4.48. The average molecular weight is 605 g/mol. The van der Waals surface area contributed by atoms with Gasteiger partial charge in [-0.3, -0.25) is 9.59 Å². The van der Waals surface area contributed by atoms with E-state index in [0.29, 0.717) is 46.9 Å². The summed E-state index contributed by atoms with van der Waals surface area (Å²) in [6, 6.07) is 5.94. The number of hydrogen-bond acceptors (Lipinski definition) is 7.